The molecule has 1 fully saturated rings. The number of carbonyl (C=O) groups excluding carboxylic acids is 1. The van der Waals surface area contributed by atoms with Crippen molar-refractivity contribution in [2.24, 2.45) is 17.8 Å². The maximum atomic E-state index is 11.7. The minimum atomic E-state index is 0. The summed E-state index contributed by atoms with van der Waals surface area (Å²) in [5.41, 5.74) is 0. The highest BCUT2D eigenvalue weighted by Gasteiger charge is 2.17. The molecule has 2 atom stereocenters. The molecule has 102 valence electrons. The average molecular weight is 263 g/mol. The van der Waals surface area contributed by atoms with Crippen LogP contribution in [0.5, 0.6) is 0 Å². The van der Waals surface area contributed by atoms with Gasteiger partial charge in [0.05, 0.1) is 0 Å². The maximum Gasteiger partial charge on any atom is 0.223 e. The van der Waals surface area contributed by atoms with Crippen LogP contribution in [0.1, 0.15) is 40.0 Å². The van der Waals surface area contributed by atoms with Gasteiger partial charge in [-0.2, -0.15) is 0 Å². The lowest BCUT2D eigenvalue weighted by molar-refractivity contribution is -0.125. The Balaban J connectivity index is 0.00000256. The summed E-state index contributed by atoms with van der Waals surface area (Å²) in [7, 11) is 0. The van der Waals surface area contributed by atoms with E-state index in [4.69, 9.17) is 0 Å². The molecular formula is C13H27ClN2O. The van der Waals surface area contributed by atoms with Gasteiger partial charge in [-0.3, -0.25) is 4.79 Å². The van der Waals surface area contributed by atoms with Gasteiger partial charge < -0.3 is 10.6 Å². The summed E-state index contributed by atoms with van der Waals surface area (Å²) < 4.78 is 0. The second kappa shape index (κ2) is 8.76. The van der Waals surface area contributed by atoms with Crippen LogP contribution in [0, 0.1) is 17.8 Å². The SMILES string of the molecule is CC(C)C(C)C(=O)NCCC1CCCNC1.Cl. The van der Waals surface area contributed by atoms with Gasteiger partial charge in [-0.05, 0) is 44.2 Å². The second-order valence-electron chi connectivity index (χ2n) is 5.32. The summed E-state index contributed by atoms with van der Waals surface area (Å²) in [5, 5.41) is 6.45. The van der Waals surface area contributed by atoms with E-state index in [1.54, 1.807) is 0 Å². The predicted octanol–water partition coefficient (Wildman–Crippen LogP) is 2.21. The van der Waals surface area contributed by atoms with Gasteiger partial charge in [0.15, 0.2) is 0 Å². The van der Waals surface area contributed by atoms with E-state index in [1.165, 1.54) is 12.8 Å². The van der Waals surface area contributed by atoms with Gasteiger partial charge in [0, 0.05) is 12.5 Å². The molecule has 1 rings (SSSR count). The normalized spacial score (nSPS) is 21.8. The number of hydrogen-bond acceptors (Lipinski definition) is 2. The van der Waals surface area contributed by atoms with E-state index >= 15 is 0 Å². The largest absolute Gasteiger partial charge is 0.356 e. The molecule has 0 spiro atoms. The second-order valence-corrected chi connectivity index (χ2v) is 5.32. The average Bonchev–Trinajstić information content (AvgIpc) is 2.29. The van der Waals surface area contributed by atoms with Crippen molar-refractivity contribution < 1.29 is 4.79 Å². The first-order valence-corrected chi connectivity index (χ1v) is 6.59. The Bertz CT molecular complexity index is 215. The number of rotatable bonds is 5. The van der Waals surface area contributed by atoms with Gasteiger partial charge >= 0.3 is 0 Å². The number of halogens is 1. The highest BCUT2D eigenvalue weighted by atomic mass is 35.5. The summed E-state index contributed by atoms with van der Waals surface area (Å²) in [6.07, 6.45) is 3.70. The van der Waals surface area contributed by atoms with Crippen molar-refractivity contribution in [3.05, 3.63) is 0 Å². The topological polar surface area (TPSA) is 41.1 Å². The number of nitrogens with one attached hydrogen (secondary N) is 2. The van der Waals surface area contributed by atoms with Crippen LogP contribution >= 0.6 is 12.4 Å². The maximum absolute atomic E-state index is 11.7. The molecule has 1 saturated heterocycles. The lowest BCUT2D eigenvalue weighted by Gasteiger charge is -2.23. The van der Waals surface area contributed by atoms with E-state index in [9.17, 15) is 4.79 Å². The Morgan fingerprint density at radius 1 is 1.41 bits per heavy atom. The van der Waals surface area contributed by atoms with Gasteiger partial charge in [0.2, 0.25) is 5.91 Å². The molecule has 1 aliphatic heterocycles. The summed E-state index contributed by atoms with van der Waals surface area (Å²) >= 11 is 0. The van der Waals surface area contributed by atoms with E-state index in [1.807, 2.05) is 6.92 Å². The Hall–Kier alpha value is -0.280. The zero-order valence-electron chi connectivity index (χ0n) is 11.3. The third-order valence-corrected chi connectivity index (χ3v) is 3.66. The summed E-state index contributed by atoms with van der Waals surface area (Å²) in [5.74, 6) is 1.52. The summed E-state index contributed by atoms with van der Waals surface area (Å²) in [6, 6.07) is 0. The predicted molar refractivity (Wildman–Crippen MR) is 74.5 cm³/mol. The first-order valence-electron chi connectivity index (χ1n) is 6.59. The highest BCUT2D eigenvalue weighted by molar-refractivity contribution is 5.85. The molecule has 0 aromatic rings. The molecule has 1 heterocycles. The van der Waals surface area contributed by atoms with Gasteiger partial charge in [-0.1, -0.05) is 20.8 Å². The number of piperidine rings is 1. The number of hydrogen-bond donors (Lipinski definition) is 2. The van der Waals surface area contributed by atoms with E-state index in [-0.39, 0.29) is 24.2 Å². The molecule has 17 heavy (non-hydrogen) atoms. The number of amides is 1. The van der Waals surface area contributed by atoms with Crippen molar-refractivity contribution in [3.63, 3.8) is 0 Å². The van der Waals surface area contributed by atoms with Crippen molar-refractivity contribution in [1.29, 1.82) is 0 Å². The van der Waals surface area contributed by atoms with Gasteiger partial charge in [0.1, 0.15) is 0 Å². The number of carbonyl (C=O) groups is 1. The van der Waals surface area contributed by atoms with Crippen LogP contribution in [0.4, 0.5) is 0 Å². The fourth-order valence-corrected chi connectivity index (χ4v) is 2.03. The third-order valence-electron chi connectivity index (χ3n) is 3.66. The standard InChI is InChI=1S/C13H26N2O.ClH/c1-10(2)11(3)13(16)15-8-6-12-5-4-7-14-9-12;/h10-12,14H,4-9H2,1-3H3,(H,15,16);1H. The fourth-order valence-electron chi connectivity index (χ4n) is 2.03. The fraction of sp³-hybridized carbons (Fsp3) is 0.923. The Kier molecular flexibility index (Phi) is 8.61. The molecule has 0 radical (unpaired) electrons. The Morgan fingerprint density at radius 3 is 2.65 bits per heavy atom. The lowest BCUT2D eigenvalue weighted by Crippen LogP contribution is -2.35. The van der Waals surface area contributed by atoms with Crippen molar-refractivity contribution in [2.75, 3.05) is 19.6 Å². The van der Waals surface area contributed by atoms with Gasteiger partial charge in [0.25, 0.3) is 0 Å². The van der Waals surface area contributed by atoms with E-state index < -0.39 is 0 Å². The van der Waals surface area contributed by atoms with E-state index in [0.29, 0.717) is 5.92 Å². The van der Waals surface area contributed by atoms with Crippen molar-refractivity contribution in [3.8, 4) is 0 Å². The first kappa shape index (κ1) is 16.7. The molecule has 4 heteroatoms. The third kappa shape index (κ3) is 6.27. The molecular weight excluding hydrogens is 236 g/mol. The van der Waals surface area contributed by atoms with E-state index in [0.717, 1.165) is 32.0 Å². The molecule has 0 aromatic heterocycles. The molecule has 1 aliphatic rings. The highest BCUT2D eigenvalue weighted by Crippen LogP contribution is 2.13. The van der Waals surface area contributed by atoms with Gasteiger partial charge in [-0.25, -0.2) is 0 Å². The van der Waals surface area contributed by atoms with Crippen LogP contribution in [0.15, 0.2) is 0 Å². The monoisotopic (exact) mass is 262 g/mol. The molecule has 0 bridgehead atoms. The van der Waals surface area contributed by atoms with Crippen molar-refractivity contribution in [1.82, 2.24) is 10.6 Å². The molecule has 0 aliphatic carbocycles. The molecule has 1 amide bonds. The first-order chi connectivity index (χ1) is 7.61. The summed E-state index contributed by atoms with van der Waals surface area (Å²) in [6.45, 7) is 9.30. The molecule has 0 saturated carbocycles. The Morgan fingerprint density at radius 2 is 2.12 bits per heavy atom. The van der Waals surface area contributed by atoms with Crippen LogP contribution in [-0.2, 0) is 4.79 Å². The minimum absolute atomic E-state index is 0. The molecule has 2 unspecified atom stereocenters. The van der Waals surface area contributed by atoms with Crippen LogP contribution < -0.4 is 10.6 Å². The summed E-state index contributed by atoms with van der Waals surface area (Å²) in [4.78, 5) is 11.7. The van der Waals surface area contributed by atoms with Crippen LogP contribution in [0.3, 0.4) is 0 Å². The van der Waals surface area contributed by atoms with Crippen LogP contribution in [0.2, 0.25) is 0 Å². The minimum Gasteiger partial charge on any atom is -0.356 e. The quantitative estimate of drug-likeness (QED) is 0.798. The zero-order chi connectivity index (χ0) is 12.0. The molecule has 0 aromatic carbocycles. The zero-order valence-corrected chi connectivity index (χ0v) is 12.1. The van der Waals surface area contributed by atoms with E-state index in [2.05, 4.69) is 24.5 Å². The van der Waals surface area contributed by atoms with Crippen molar-refractivity contribution >= 4 is 18.3 Å². The van der Waals surface area contributed by atoms with Crippen LogP contribution in [-0.4, -0.2) is 25.5 Å². The smallest absolute Gasteiger partial charge is 0.223 e. The lowest BCUT2D eigenvalue weighted by atomic mass is 9.95. The van der Waals surface area contributed by atoms with Crippen molar-refractivity contribution in [2.45, 2.75) is 40.0 Å². The molecule has 2 N–H and O–H groups in total. The molecule has 3 nitrogen and oxygen atoms in total. The van der Waals surface area contributed by atoms with Gasteiger partial charge in [-0.15, -0.1) is 12.4 Å². The Labute approximate surface area is 112 Å². The van der Waals surface area contributed by atoms with Crippen LogP contribution in [0.25, 0.3) is 0 Å².